The summed E-state index contributed by atoms with van der Waals surface area (Å²) in [4.78, 5) is 14.2. The molecule has 0 aliphatic heterocycles. The molecule has 0 unspecified atom stereocenters. The second-order valence-corrected chi connectivity index (χ2v) is 4.78. The van der Waals surface area contributed by atoms with Crippen molar-refractivity contribution in [3.63, 3.8) is 0 Å². The predicted molar refractivity (Wildman–Crippen MR) is 74.0 cm³/mol. The number of rotatable bonds is 4. The van der Waals surface area contributed by atoms with Crippen LogP contribution in [0.3, 0.4) is 0 Å². The van der Waals surface area contributed by atoms with Crippen molar-refractivity contribution in [1.82, 2.24) is 15.0 Å². The Balaban J connectivity index is 2.19. The molecule has 0 saturated heterocycles. The van der Waals surface area contributed by atoms with E-state index >= 15 is 0 Å². The van der Waals surface area contributed by atoms with Gasteiger partial charge in [0, 0.05) is 13.6 Å². The zero-order valence-electron chi connectivity index (χ0n) is 10.9. The van der Waals surface area contributed by atoms with Crippen LogP contribution in [-0.4, -0.2) is 22.3 Å². The van der Waals surface area contributed by atoms with E-state index < -0.39 is 0 Å². The Hall–Kier alpha value is -2.04. The molecule has 0 atom stereocenters. The molecule has 5 heteroatoms. The molecular weight excluding hydrogens is 228 g/mol. The third-order valence-corrected chi connectivity index (χ3v) is 2.73. The third-order valence-electron chi connectivity index (χ3n) is 2.73. The van der Waals surface area contributed by atoms with Crippen molar-refractivity contribution in [3.05, 3.63) is 34.2 Å². The summed E-state index contributed by atoms with van der Waals surface area (Å²) in [6.07, 6.45) is 1.76. The van der Waals surface area contributed by atoms with Gasteiger partial charge in [-0.25, -0.2) is 4.79 Å². The molecule has 1 aromatic carbocycles. The van der Waals surface area contributed by atoms with Crippen molar-refractivity contribution in [2.75, 3.05) is 6.54 Å². The van der Waals surface area contributed by atoms with Crippen LogP contribution in [0.4, 0.5) is 0 Å². The Kier molecular flexibility index (Phi) is 3.50. The summed E-state index contributed by atoms with van der Waals surface area (Å²) in [5, 5.41) is 4.15. The van der Waals surface area contributed by atoms with Crippen molar-refractivity contribution >= 4 is 17.2 Å². The van der Waals surface area contributed by atoms with E-state index in [-0.39, 0.29) is 5.69 Å². The molecule has 2 rings (SSSR count). The molecule has 2 aromatic rings. The lowest BCUT2D eigenvalue weighted by atomic mass is 10.2. The van der Waals surface area contributed by atoms with Gasteiger partial charge in [-0.15, -0.1) is 0 Å². The van der Waals surface area contributed by atoms with Gasteiger partial charge in [0.25, 0.3) is 0 Å². The lowest BCUT2D eigenvalue weighted by molar-refractivity contribution is 0.571. The summed E-state index contributed by atoms with van der Waals surface area (Å²) in [6, 6.07) is 5.76. The lowest BCUT2D eigenvalue weighted by Crippen LogP contribution is -2.13. The number of nitrogens with one attached hydrogen (secondary N) is 2. The highest BCUT2D eigenvalue weighted by molar-refractivity contribution is 5.87. The van der Waals surface area contributed by atoms with E-state index in [2.05, 4.69) is 29.4 Å². The average Bonchev–Trinajstić information content (AvgIpc) is 2.61. The van der Waals surface area contributed by atoms with Crippen LogP contribution in [0, 0.1) is 5.92 Å². The Bertz CT molecular complexity index is 621. The minimum atomic E-state index is -0.1000. The van der Waals surface area contributed by atoms with Crippen molar-refractivity contribution in [3.8, 4) is 0 Å². The molecule has 0 amide bonds. The molecule has 1 aromatic heterocycles. The Morgan fingerprint density at radius 3 is 3.00 bits per heavy atom. The summed E-state index contributed by atoms with van der Waals surface area (Å²) >= 11 is 0. The highest BCUT2D eigenvalue weighted by Crippen LogP contribution is 2.10. The van der Waals surface area contributed by atoms with E-state index in [0.29, 0.717) is 5.92 Å². The van der Waals surface area contributed by atoms with Gasteiger partial charge in [0.05, 0.1) is 17.2 Å². The van der Waals surface area contributed by atoms with Gasteiger partial charge >= 0.3 is 5.69 Å². The van der Waals surface area contributed by atoms with Gasteiger partial charge in [0.1, 0.15) is 0 Å². The fourth-order valence-corrected chi connectivity index (χ4v) is 1.68. The van der Waals surface area contributed by atoms with Crippen LogP contribution in [-0.2, 0) is 7.05 Å². The first-order valence-corrected chi connectivity index (χ1v) is 6.02. The second kappa shape index (κ2) is 5.08. The first kappa shape index (κ1) is 12.4. The molecule has 18 heavy (non-hydrogen) atoms. The van der Waals surface area contributed by atoms with Crippen molar-refractivity contribution in [1.29, 1.82) is 0 Å². The van der Waals surface area contributed by atoms with Crippen LogP contribution in [0.15, 0.2) is 28.1 Å². The molecule has 2 N–H and O–H groups in total. The summed E-state index contributed by atoms with van der Waals surface area (Å²) in [5.41, 5.74) is 5.59. The molecule has 5 nitrogen and oxygen atoms in total. The largest absolute Gasteiger partial charge is 0.326 e. The van der Waals surface area contributed by atoms with Crippen molar-refractivity contribution < 1.29 is 0 Å². The number of hydrogen-bond acceptors (Lipinski definition) is 3. The van der Waals surface area contributed by atoms with Gasteiger partial charge in [-0.1, -0.05) is 19.9 Å². The first-order valence-electron chi connectivity index (χ1n) is 6.02. The minimum absolute atomic E-state index is 0.1000. The molecule has 0 spiro atoms. The maximum absolute atomic E-state index is 11.4. The molecule has 0 radical (unpaired) electrons. The number of fused-ring (bicyclic) bond motifs is 1. The number of H-pyrrole nitrogens is 1. The predicted octanol–water partition coefficient (Wildman–Crippen LogP) is 1.45. The number of nitrogens with zero attached hydrogens (tertiary/aromatic N) is 2. The Morgan fingerprint density at radius 2 is 2.28 bits per heavy atom. The van der Waals surface area contributed by atoms with E-state index in [1.807, 2.05) is 18.2 Å². The maximum atomic E-state index is 11.4. The highest BCUT2D eigenvalue weighted by Gasteiger charge is 2.02. The molecule has 0 bridgehead atoms. The standard InChI is InChI=1S/C13H18N4O/c1-9(2)7-14-15-8-10-4-5-11-12(6-10)17(3)13(18)16-11/h4-6,8-9,14H,7H2,1-3H3,(H,16,18)/b15-8+. The van der Waals surface area contributed by atoms with Crippen molar-refractivity contribution in [2.45, 2.75) is 13.8 Å². The van der Waals surface area contributed by atoms with Gasteiger partial charge < -0.3 is 10.4 Å². The van der Waals surface area contributed by atoms with Crippen molar-refractivity contribution in [2.24, 2.45) is 18.1 Å². The zero-order chi connectivity index (χ0) is 13.1. The fraction of sp³-hybridized carbons (Fsp3) is 0.385. The number of imidazole rings is 1. The molecule has 0 fully saturated rings. The van der Waals surface area contributed by atoms with E-state index in [0.717, 1.165) is 23.1 Å². The number of hydrazone groups is 1. The maximum Gasteiger partial charge on any atom is 0.326 e. The molecule has 0 aliphatic rings. The highest BCUT2D eigenvalue weighted by atomic mass is 16.1. The normalized spacial score (nSPS) is 11.8. The quantitative estimate of drug-likeness (QED) is 0.633. The molecule has 96 valence electrons. The van der Waals surface area contributed by atoms with Gasteiger partial charge in [-0.3, -0.25) is 4.57 Å². The Morgan fingerprint density at radius 1 is 1.50 bits per heavy atom. The van der Waals surface area contributed by atoms with Gasteiger partial charge in [-0.05, 0) is 23.6 Å². The van der Waals surface area contributed by atoms with E-state index in [9.17, 15) is 4.79 Å². The minimum Gasteiger partial charge on any atom is -0.310 e. The number of benzene rings is 1. The monoisotopic (exact) mass is 246 g/mol. The van der Waals surface area contributed by atoms with Gasteiger partial charge in [0.15, 0.2) is 0 Å². The lowest BCUT2D eigenvalue weighted by Gasteiger charge is -2.02. The van der Waals surface area contributed by atoms with Crippen LogP contribution in [0.25, 0.3) is 11.0 Å². The van der Waals surface area contributed by atoms with Crippen LogP contribution >= 0.6 is 0 Å². The zero-order valence-corrected chi connectivity index (χ0v) is 10.9. The third kappa shape index (κ3) is 2.61. The van der Waals surface area contributed by atoms with Crippen LogP contribution in [0.2, 0.25) is 0 Å². The number of aromatic nitrogens is 2. The smallest absolute Gasteiger partial charge is 0.310 e. The average molecular weight is 246 g/mol. The molecule has 0 saturated carbocycles. The fourth-order valence-electron chi connectivity index (χ4n) is 1.68. The van der Waals surface area contributed by atoms with E-state index in [1.165, 1.54) is 0 Å². The van der Waals surface area contributed by atoms with Gasteiger partial charge in [0.2, 0.25) is 0 Å². The first-order chi connectivity index (χ1) is 8.58. The summed E-state index contributed by atoms with van der Waals surface area (Å²) in [7, 11) is 1.75. The number of aryl methyl sites for hydroxylation is 1. The summed E-state index contributed by atoms with van der Waals surface area (Å²) < 4.78 is 1.59. The van der Waals surface area contributed by atoms with E-state index in [1.54, 1.807) is 17.8 Å². The molecular formula is C13H18N4O. The second-order valence-electron chi connectivity index (χ2n) is 4.78. The van der Waals surface area contributed by atoms with E-state index in [4.69, 9.17) is 0 Å². The number of hydrogen-bond donors (Lipinski definition) is 2. The topological polar surface area (TPSA) is 62.2 Å². The van der Waals surface area contributed by atoms with Gasteiger partial charge in [-0.2, -0.15) is 5.10 Å². The summed E-state index contributed by atoms with van der Waals surface area (Å²) in [5.74, 6) is 0.565. The Labute approximate surface area is 106 Å². The van der Waals surface area contributed by atoms with Crippen LogP contribution < -0.4 is 11.1 Å². The van der Waals surface area contributed by atoms with Crippen LogP contribution in [0.5, 0.6) is 0 Å². The number of aromatic amines is 1. The summed E-state index contributed by atoms with van der Waals surface area (Å²) in [6.45, 7) is 5.11. The molecule has 0 aliphatic carbocycles. The van der Waals surface area contributed by atoms with Crippen LogP contribution in [0.1, 0.15) is 19.4 Å². The SMILES string of the molecule is CC(C)CN/N=C/c1ccc2[nH]c(=O)n(C)c2c1. The molecule has 1 heterocycles.